The van der Waals surface area contributed by atoms with Crippen LogP contribution < -0.4 is 5.73 Å². The van der Waals surface area contributed by atoms with Crippen LogP contribution in [0.25, 0.3) is 6.08 Å². The molecule has 0 aliphatic heterocycles. The Kier molecular flexibility index (Phi) is 3.63. The van der Waals surface area contributed by atoms with Crippen molar-refractivity contribution in [3.63, 3.8) is 0 Å². The zero-order chi connectivity index (χ0) is 14.0. The molecule has 0 radical (unpaired) electrons. The predicted octanol–water partition coefficient (Wildman–Crippen LogP) is 3.28. The molecule has 0 saturated heterocycles. The van der Waals surface area contributed by atoms with Crippen molar-refractivity contribution in [3.8, 4) is 6.07 Å². The van der Waals surface area contributed by atoms with Gasteiger partial charge >= 0.3 is 6.18 Å². The molecule has 1 aliphatic carbocycles. The predicted molar refractivity (Wildman–Crippen MR) is 65.9 cm³/mol. The minimum Gasteiger partial charge on any atom is -0.316 e. The topological polar surface area (TPSA) is 49.8 Å². The van der Waals surface area contributed by atoms with Crippen molar-refractivity contribution in [1.29, 1.82) is 5.26 Å². The van der Waals surface area contributed by atoms with Crippen LogP contribution in [-0.2, 0) is 12.6 Å². The van der Waals surface area contributed by atoms with Gasteiger partial charge in [0.15, 0.2) is 0 Å². The molecule has 1 aromatic carbocycles. The third-order valence-electron chi connectivity index (χ3n) is 3.20. The standard InChI is InChI=1S/C14H13F3N2/c15-14(16,17)12-4-3-10-2-1-9(5-11(10)7-12)6-13(19)8-18/h3-5,7,13H,1-2,6,19H2/t13-/m0/s1. The number of benzene rings is 1. The Hall–Kier alpha value is -1.80. The maximum Gasteiger partial charge on any atom is 0.416 e. The fourth-order valence-electron chi connectivity index (χ4n) is 2.21. The third kappa shape index (κ3) is 3.15. The Morgan fingerprint density at radius 3 is 2.68 bits per heavy atom. The van der Waals surface area contributed by atoms with E-state index in [0.29, 0.717) is 18.4 Å². The summed E-state index contributed by atoms with van der Waals surface area (Å²) in [5.41, 5.74) is 7.32. The number of rotatable bonds is 2. The number of alkyl halides is 3. The summed E-state index contributed by atoms with van der Waals surface area (Å²) < 4.78 is 37.9. The SMILES string of the molecule is N#C[C@@H](N)CC1=Cc2cc(C(F)(F)F)ccc2CC1. The highest BCUT2D eigenvalue weighted by atomic mass is 19.4. The number of halogens is 3. The number of nitriles is 1. The van der Waals surface area contributed by atoms with E-state index in [1.54, 1.807) is 6.08 Å². The minimum absolute atomic E-state index is 0.409. The number of aryl methyl sites for hydroxylation is 1. The number of fused-ring (bicyclic) bond motifs is 1. The Balaban J connectivity index is 2.30. The van der Waals surface area contributed by atoms with Gasteiger partial charge in [-0.2, -0.15) is 18.4 Å². The van der Waals surface area contributed by atoms with Crippen LogP contribution in [0.5, 0.6) is 0 Å². The lowest BCUT2D eigenvalue weighted by atomic mass is 9.88. The number of hydrogen-bond donors (Lipinski definition) is 1. The summed E-state index contributed by atoms with van der Waals surface area (Å²) in [4.78, 5) is 0. The Labute approximate surface area is 109 Å². The maximum atomic E-state index is 12.6. The average molecular weight is 266 g/mol. The van der Waals surface area contributed by atoms with Crippen LogP contribution in [0.2, 0.25) is 0 Å². The van der Waals surface area contributed by atoms with Crippen molar-refractivity contribution < 1.29 is 13.2 Å². The molecule has 0 bridgehead atoms. The third-order valence-corrected chi connectivity index (χ3v) is 3.20. The highest BCUT2D eigenvalue weighted by Crippen LogP contribution is 2.33. The molecule has 0 aromatic heterocycles. The zero-order valence-electron chi connectivity index (χ0n) is 10.2. The van der Waals surface area contributed by atoms with E-state index >= 15 is 0 Å². The quantitative estimate of drug-likeness (QED) is 0.893. The Morgan fingerprint density at radius 1 is 1.32 bits per heavy atom. The first-order chi connectivity index (χ1) is 8.90. The van der Waals surface area contributed by atoms with Gasteiger partial charge in [0.25, 0.3) is 0 Å². The smallest absolute Gasteiger partial charge is 0.316 e. The van der Waals surface area contributed by atoms with Gasteiger partial charge in [0.2, 0.25) is 0 Å². The first-order valence-corrected chi connectivity index (χ1v) is 5.95. The fourth-order valence-corrected chi connectivity index (χ4v) is 2.21. The molecular formula is C14H13F3N2. The monoisotopic (exact) mass is 266 g/mol. The number of nitrogens with zero attached hydrogens (tertiary/aromatic N) is 1. The lowest BCUT2D eigenvalue weighted by molar-refractivity contribution is -0.137. The second-order valence-electron chi connectivity index (χ2n) is 4.65. The lowest BCUT2D eigenvalue weighted by Crippen LogP contribution is -2.18. The van der Waals surface area contributed by atoms with Crippen molar-refractivity contribution in [2.24, 2.45) is 5.73 Å². The molecule has 1 aromatic rings. The Bertz CT molecular complexity index is 553. The van der Waals surface area contributed by atoms with Crippen molar-refractivity contribution in [2.75, 3.05) is 0 Å². The summed E-state index contributed by atoms with van der Waals surface area (Å²) in [5, 5.41) is 8.66. The summed E-state index contributed by atoms with van der Waals surface area (Å²) in [5.74, 6) is 0. The highest BCUT2D eigenvalue weighted by molar-refractivity contribution is 5.61. The van der Waals surface area contributed by atoms with E-state index in [0.717, 1.165) is 29.7 Å². The largest absolute Gasteiger partial charge is 0.416 e. The van der Waals surface area contributed by atoms with Crippen LogP contribution in [0.4, 0.5) is 13.2 Å². The minimum atomic E-state index is -4.33. The lowest BCUT2D eigenvalue weighted by Gasteiger charge is -2.18. The van der Waals surface area contributed by atoms with Gasteiger partial charge in [-0.15, -0.1) is 0 Å². The van der Waals surface area contributed by atoms with E-state index < -0.39 is 17.8 Å². The van der Waals surface area contributed by atoms with Gasteiger partial charge in [-0.25, -0.2) is 0 Å². The van der Waals surface area contributed by atoms with Crippen LogP contribution in [0.3, 0.4) is 0 Å². The molecule has 2 rings (SSSR count). The molecule has 1 aliphatic rings. The molecule has 0 saturated carbocycles. The maximum absolute atomic E-state index is 12.6. The normalized spacial score (nSPS) is 16.3. The van der Waals surface area contributed by atoms with E-state index in [1.807, 2.05) is 6.07 Å². The second kappa shape index (κ2) is 5.06. The number of nitrogens with two attached hydrogens (primary N) is 1. The van der Waals surface area contributed by atoms with Gasteiger partial charge in [0, 0.05) is 0 Å². The van der Waals surface area contributed by atoms with Crippen molar-refractivity contribution in [3.05, 3.63) is 40.5 Å². The first kappa shape index (κ1) is 13.6. The first-order valence-electron chi connectivity index (χ1n) is 5.95. The van der Waals surface area contributed by atoms with Gasteiger partial charge in [-0.1, -0.05) is 17.7 Å². The van der Waals surface area contributed by atoms with E-state index in [1.165, 1.54) is 6.07 Å². The molecule has 100 valence electrons. The van der Waals surface area contributed by atoms with Gasteiger partial charge in [-0.3, -0.25) is 0 Å². The molecular weight excluding hydrogens is 253 g/mol. The molecule has 0 spiro atoms. The van der Waals surface area contributed by atoms with E-state index in [2.05, 4.69) is 0 Å². The van der Waals surface area contributed by atoms with Crippen molar-refractivity contribution in [2.45, 2.75) is 31.5 Å². The summed E-state index contributed by atoms with van der Waals surface area (Å²) in [6, 6.07) is 5.12. The fraction of sp³-hybridized carbons (Fsp3) is 0.357. The van der Waals surface area contributed by atoms with Crippen LogP contribution in [0.1, 0.15) is 29.5 Å². The molecule has 2 N–H and O–H groups in total. The van der Waals surface area contributed by atoms with Gasteiger partial charge < -0.3 is 5.73 Å². The summed E-state index contributed by atoms with van der Waals surface area (Å²) in [6.07, 6.45) is -0.758. The van der Waals surface area contributed by atoms with Crippen LogP contribution in [0.15, 0.2) is 23.8 Å². The summed E-state index contributed by atoms with van der Waals surface area (Å²) in [6.45, 7) is 0. The molecule has 0 unspecified atom stereocenters. The number of hydrogen-bond acceptors (Lipinski definition) is 2. The molecule has 0 heterocycles. The van der Waals surface area contributed by atoms with Crippen LogP contribution in [-0.4, -0.2) is 6.04 Å². The van der Waals surface area contributed by atoms with Gasteiger partial charge in [0.1, 0.15) is 0 Å². The summed E-state index contributed by atoms with van der Waals surface area (Å²) in [7, 11) is 0. The van der Waals surface area contributed by atoms with Crippen LogP contribution in [0, 0.1) is 11.3 Å². The zero-order valence-corrected chi connectivity index (χ0v) is 10.2. The highest BCUT2D eigenvalue weighted by Gasteiger charge is 2.31. The molecule has 2 nitrogen and oxygen atoms in total. The molecule has 1 atom stereocenters. The molecule has 0 amide bonds. The Morgan fingerprint density at radius 2 is 2.05 bits per heavy atom. The second-order valence-corrected chi connectivity index (χ2v) is 4.65. The molecule has 19 heavy (non-hydrogen) atoms. The molecule has 5 heteroatoms. The molecule has 0 fully saturated rings. The summed E-state index contributed by atoms with van der Waals surface area (Å²) >= 11 is 0. The van der Waals surface area contributed by atoms with E-state index in [9.17, 15) is 13.2 Å². The van der Waals surface area contributed by atoms with Crippen molar-refractivity contribution >= 4 is 6.08 Å². The van der Waals surface area contributed by atoms with Crippen LogP contribution >= 0.6 is 0 Å². The van der Waals surface area contributed by atoms with Crippen molar-refractivity contribution in [1.82, 2.24) is 0 Å². The van der Waals surface area contributed by atoms with E-state index in [4.69, 9.17) is 11.0 Å². The van der Waals surface area contributed by atoms with E-state index in [-0.39, 0.29) is 0 Å². The van der Waals surface area contributed by atoms with Gasteiger partial charge in [0.05, 0.1) is 17.7 Å². The van der Waals surface area contributed by atoms with Gasteiger partial charge in [-0.05, 0) is 42.5 Å². The average Bonchev–Trinajstić information content (AvgIpc) is 2.36.